The van der Waals surface area contributed by atoms with E-state index < -0.39 is 11.9 Å². The van der Waals surface area contributed by atoms with Crippen LogP contribution in [0.25, 0.3) is 0 Å². The number of hydrogen-bond donors (Lipinski definition) is 4. The molecule has 0 saturated heterocycles. The number of aromatic hydroxyl groups is 1. The summed E-state index contributed by atoms with van der Waals surface area (Å²) in [6.45, 7) is 2.32. The molecule has 0 aliphatic heterocycles. The predicted octanol–water partition coefficient (Wildman–Crippen LogP) is 3.32. The molecule has 2 saturated carbocycles. The molecule has 4 N–H and O–H groups in total. The van der Waals surface area contributed by atoms with Gasteiger partial charge in [0, 0.05) is 12.2 Å². The van der Waals surface area contributed by atoms with Gasteiger partial charge >= 0.3 is 11.9 Å². The van der Waals surface area contributed by atoms with Gasteiger partial charge in [0.2, 0.25) is 0 Å². The smallest absolute Gasteiger partial charge is 0.328 e. The van der Waals surface area contributed by atoms with Crippen molar-refractivity contribution in [1.29, 1.82) is 0 Å². The summed E-state index contributed by atoms with van der Waals surface area (Å²) in [5.41, 5.74) is 2.99. The highest BCUT2D eigenvalue weighted by molar-refractivity contribution is 5.89. The average Bonchev–Trinajstić information content (AvgIpc) is 2.95. The summed E-state index contributed by atoms with van der Waals surface area (Å²) in [6.07, 6.45) is 7.90. The fourth-order valence-corrected chi connectivity index (χ4v) is 5.68. The Labute approximate surface area is 164 Å². The van der Waals surface area contributed by atoms with E-state index in [2.05, 4.69) is 13.0 Å². The van der Waals surface area contributed by atoms with Gasteiger partial charge in [0.15, 0.2) is 0 Å². The molecule has 3 aliphatic rings. The van der Waals surface area contributed by atoms with Gasteiger partial charge in [-0.15, -0.1) is 0 Å². The lowest BCUT2D eigenvalue weighted by atomic mass is 9.55. The molecular weight excluding hydrogens is 360 g/mol. The van der Waals surface area contributed by atoms with Crippen molar-refractivity contribution < 1.29 is 30.0 Å². The summed E-state index contributed by atoms with van der Waals surface area (Å²) in [5.74, 6) is -0.0252. The van der Waals surface area contributed by atoms with Crippen LogP contribution in [0.15, 0.2) is 30.4 Å². The molecule has 6 nitrogen and oxygen atoms in total. The maximum atomic E-state index is 10.4. The van der Waals surface area contributed by atoms with E-state index in [0.29, 0.717) is 29.7 Å². The first-order valence-electron chi connectivity index (χ1n) is 9.86. The Morgan fingerprint density at radius 2 is 1.75 bits per heavy atom. The highest BCUT2D eigenvalue weighted by Gasteiger charge is 2.54. The van der Waals surface area contributed by atoms with E-state index in [0.717, 1.165) is 25.2 Å². The highest BCUT2D eigenvalue weighted by atomic mass is 16.4. The number of phenols is 1. The van der Waals surface area contributed by atoms with Crippen LogP contribution in [0, 0.1) is 17.3 Å². The standard InChI is InChI=1S/C18H24O2.C4H4O4/c1-18-9-8-14-13-5-3-12(19)10-11(13)2-4-15(14)16(18)6-7-17(18)20;5-3(6)1-2-4(7)8/h3,5,10,14-17,19-20H,2,4,6-9H2,1H3;1-2H,(H,5,6)(H,7,8)/b;2-1+/t14-,15-,16+,17+,18+;/m1./s1. The van der Waals surface area contributed by atoms with Crippen molar-refractivity contribution in [3.8, 4) is 5.75 Å². The van der Waals surface area contributed by atoms with E-state index in [-0.39, 0.29) is 11.5 Å². The number of carboxylic acid groups (broad SMARTS) is 2. The number of aliphatic hydroxyl groups excluding tert-OH is 1. The Morgan fingerprint density at radius 3 is 2.39 bits per heavy atom. The predicted molar refractivity (Wildman–Crippen MR) is 103 cm³/mol. The number of carbonyl (C=O) groups is 2. The molecule has 3 aliphatic carbocycles. The minimum absolute atomic E-state index is 0.0883. The van der Waals surface area contributed by atoms with Crippen molar-refractivity contribution in [3.63, 3.8) is 0 Å². The lowest BCUT2D eigenvalue weighted by molar-refractivity contribution is -0.134. The molecule has 0 bridgehead atoms. The number of rotatable bonds is 2. The summed E-state index contributed by atoms with van der Waals surface area (Å²) >= 11 is 0. The lowest BCUT2D eigenvalue weighted by Gasteiger charge is -2.50. The number of fused-ring (bicyclic) bond motifs is 5. The second-order valence-electron chi connectivity index (χ2n) is 8.45. The largest absolute Gasteiger partial charge is 0.508 e. The fourth-order valence-electron chi connectivity index (χ4n) is 5.68. The molecule has 0 spiro atoms. The summed E-state index contributed by atoms with van der Waals surface area (Å²) in [6, 6.07) is 5.96. The molecule has 6 heteroatoms. The van der Waals surface area contributed by atoms with Crippen LogP contribution < -0.4 is 0 Å². The van der Waals surface area contributed by atoms with Crippen molar-refractivity contribution in [2.75, 3.05) is 0 Å². The van der Waals surface area contributed by atoms with E-state index in [1.807, 2.05) is 12.1 Å². The molecule has 0 unspecified atom stereocenters. The van der Waals surface area contributed by atoms with Crippen LogP contribution in [-0.2, 0) is 16.0 Å². The number of carboxylic acids is 2. The Balaban J connectivity index is 0.000000242. The van der Waals surface area contributed by atoms with E-state index in [4.69, 9.17) is 10.2 Å². The molecule has 28 heavy (non-hydrogen) atoms. The van der Waals surface area contributed by atoms with Gasteiger partial charge in [0.25, 0.3) is 0 Å². The molecule has 5 atom stereocenters. The first-order valence-corrected chi connectivity index (χ1v) is 9.86. The highest BCUT2D eigenvalue weighted by Crippen LogP contribution is 2.60. The number of aryl methyl sites for hydroxylation is 1. The summed E-state index contributed by atoms with van der Waals surface area (Å²) < 4.78 is 0. The quantitative estimate of drug-likeness (QED) is 0.578. The monoisotopic (exact) mass is 388 g/mol. The van der Waals surface area contributed by atoms with Crippen LogP contribution in [0.2, 0.25) is 0 Å². The Hall–Kier alpha value is -2.34. The second kappa shape index (κ2) is 7.95. The van der Waals surface area contributed by atoms with Crippen LogP contribution in [0.5, 0.6) is 5.75 Å². The van der Waals surface area contributed by atoms with Crippen LogP contribution in [0.1, 0.15) is 56.1 Å². The number of benzene rings is 1. The third-order valence-corrected chi connectivity index (χ3v) is 7.03. The molecule has 1 aromatic rings. The zero-order chi connectivity index (χ0) is 20.5. The van der Waals surface area contributed by atoms with Gasteiger partial charge < -0.3 is 20.4 Å². The molecular formula is C22H28O6. The van der Waals surface area contributed by atoms with Crippen molar-refractivity contribution >= 4 is 11.9 Å². The summed E-state index contributed by atoms with van der Waals surface area (Å²) in [4.78, 5) is 19.1. The zero-order valence-electron chi connectivity index (χ0n) is 16.0. The zero-order valence-corrected chi connectivity index (χ0v) is 16.0. The first-order chi connectivity index (χ1) is 13.2. The van der Waals surface area contributed by atoms with Crippen molar-refractivity contribution in [1.82, 2.24) is 0 Å². The Kier molecular flexibility index (Phi) is 5.79. The molecule has 2 fully saturated rings. The third-order valence-electron chi connectivity index (χ3n) is 7.03. The maximum Gasteiger partial charge on any atom is 0.328 e. The Morgan fingerprint density at radius 1 is 1.07 bits per heavy atom. The number of aliphatic hydroxyl groups is 1. The molecule has 0 radical (unpaired) electrons. The number of aliphatic carboxylic acids is 2. The van der Waals surface area contributed by atoms with Crippen LogP contribution in [-0.4, -0.2) is 38.5 Å². The third kappa shape index (κ3) is 3.92. The molecule has 0 heterocycles. The molecule has 0 amide bonds. The fraction of sp³-hybridized carbons (Fsp3) is 0.545. The molecule has 1 aromatic carbocycles. The SMILES string of the molecule is C[C@]12CC[C@@H]3c4ccc(O)cc4CC[C@H]3[C@@H]1CC[C@@H]2O.O=C(O)/C=C/C(=O)O. The minimum atomic E-state index is -1.26. The van der Waals surface area contributed by atoms with Crippen molar-refractivity contribution in [3.05, 3.63) is 41.5 Å². The van der Waals surface area contributed by atoms with Crippen molar-refractivity contribution in [2.45, 2.75) is 57.5 Å². The molecule has 152 valence electrons. The average molecular weight is 388 g/mol. The van der Waals surface area contributed by atoms with Gasteiger partial charge in [-0.2, -0.15) is 0 Å². The summed E-state index contributed by atoms with van der Waals surface area (Å²) in [5, 5.41) is 35.7. The number of hydrogen-bond acceptors (Lipinski definition) is 4. The van der Waals surface area contributed by atoms with E-state index in [1.54, 1.807) is 0 Å². The van der Waals surface area contributed by atoms with E-state index in [9.17, 15) is 19.8 Å². The first kappa shape index (κ1) is 20.4. The second-order valence-corrected chi connectivity index (χ2v) is 8.45. The minimum Gasteiger partial charge on any atom is -0.508 e. The molecule has 0 aromatic heterocycles. The van der Waals surface area contributed by atoms with Gasteiger partial charge in [-0.25, -0.2) is 9.59 Å². The molecule has 4 rings (SSSR count). The lowest BCUT2D eigenvalue weighted by Crippen LogP contribution is -2.43. The number of phenolic OH excluding ortho intramolecular Hbond substituents is 1. The topological polar surface area (TPSA) is 115 Å². The van der Waals surface area contributed by atoms with Crippen molar-refractivity contribution in [2.24, 2.45) is 17.3 Å². The van der Waals surface area contributed by atoms with E-state index >= 15 is 0 Å². The van der Waals surface area contributed by atoms with Gasteiger partial charge in [0.05, 0.1) is 6.10 Å². The maximum absolute atomic E-state index is 10.4. The van der Waals surface area contributed by atoms with Gasteiger partial charge in [-0.1, -0.05) is 13.0 Å². The van der Waals surface area contributed by atoms with Crippen LogP contribution in [0.4, 0.5) is 0 Å². The van der Waals surface area contributed by atoms with Gasteiger partial charge in [-0.05, 0) is 85.0 Å². The van der Waals surface area contributed by atoms with Crippen LogP contribution in [0.3, 0.4) is 0 Å². The summed E-state index contributed by atoms with van der Waals surface area (Å²) in [7, 11) is 0. The van der Waals surface area contributed by atoms with Gasteiger partial charge in [-0.3, -0.25) is 0 Å². The normalized spacial score (nSPS) is 33.2. The van der Waals surface area contributed by atoms with Gasteiger partial charge in [0.1, 0.15) is 5.75 Å². The van der Waals surface area contributed by atoms with E-state index in [1.165, 1.54) is 30.4 Å². The van der Waals surface area contributed by atoms with Crippen LogP contribution >= 0.6 is 0 Å². The Bertz CT molecular complexity index is 769.